The van der Waals surface area contributed by atoms with E-state index in [1.54, 1.807) is 18.4 Å². The van der Waals surface area contributed by atoms with Crippen molar-refractivity contribution in [2.75, 3.05) is 13.6 Å². The first kappa shape index (κ1) is 22.1. The zero-order valence-corrected chi connectivity index (χ0v) is 17.9. The van der Waals surface area contributed by atoms with Gasteiger partial charge in [-0.2, -0.15) is 13.2 Å². The fourth-order valence-electron chi connectivity index (χ4n) is 2.00. The summed E-state index contributed by atoms with van der Waals surface area (Å²) < 4.78 is 37.5. The van der Waals surface area contributed by atoms with Gasteiger partial charge in [-0.3, -0.25) is 4.99 Å². The number of aliphatic imine (C=N–C) groups is 1. The molecule has 0 saturated carbocycles. The van der Waals surface area contributed by atoms with Crippen molar-refractivity contribution < 1.29 is 13.2 Å². The highest BCUT2D eigenvalue weighted by Gasteiger charge is 2.33. The van der Waals surface area contributed by atoms with Crippen LogP contribution in [-0.2, 0) is 19.1 Å². The Labute approximate surface area is 169 Å². The van der Waals surface area contributed by atoms with Crippen molar-refractivity contribution in [2.45, 2.75) is 33.0 Å². The Hall–Kier alpha value is -0.950. The minimum atomic E-state index is -4.40. The molecule has 0 spiro atoms. The summed E-state index contributed by atoms with van der Waals surface area (Å²) in [6.07, 6.45) is -3.59. The number of nitrogens with one attached hydrogen (secondary N) is 2. The molecule has 2 heterocycles. The van der Waals surface area contributed by atoms with Crippen LogP contribution in [0.15, 0.2) is 10.4 Å². The number of aryl methyl sites for hydroxylation is 2. The lowest BCUT2D eigenvalue weighted by molar-refractivity contribution is -0.140. The maximum Gasteiger partial charge on any atom is 0.434 e. The van der Waals surface area contributed by atoms with E-state index in [1.807, 2.05) is 13.8 Å². The van der Waals surface area contributed by atoms with Gasteiger partial charge in [0.05, 0.1) is 17.2 Å². The fraction of sp³-hybridized carbons (Fsp3) is 0.500. The van der Waals surface area contributed by atoms with Crippen molar-refractivity contribution in [2.24, 2.45) is 4.99 Å². The predicted octanol–water partition coefficient (Wildman–Crippen LogP) is 3.76. The molecule has 2 N–H and O–H groups in total. The molecule has 0 aliphatic rings. The molecular formula is C14H19F3IN5S2. The quantitative estimate of drug-likeness (QED) is 0.369. The monoisotopic (exact) mass is 505 g/mol. The van der Waals surface area contributed by atoms with E-state index in [9.17, 15) is 13.2 Å². The van der Waals surface area contributed by atoms with Crippen molar-refractivity contribution in [1.82, 2.24) is 20.6 Å². The van der Waals surface area contributed by atoms with Gasteiger partial charge in [-0.05, 0) is 13.8 Å². The van der Waals surface area contributed by atoms with Crippen LogP contribution < -0.4 is 10.6 Å². The topological polar surface area (TPSA) is 62.2 Å². The maximum absolute atomic E-state index is 12.5. The fourth-order valence-corrected chi connectivity index (χ4v) is 3.68. The van der Waals surface area contributed by atoms with E-state index < -0.39 is 11.9 Å². The van der Waals surface area contributed by atoms with Crippen LogP contribution in [0, 0.1) is 13.8 Å². The molecule has 2 rings (SSSR count). The highest BCUT2D eigenvalue weighted by Crippen LogP contribution is 2.29. The highest BCUT2D eigenvalue weighted by molar-refractivity contribution is 14.0. The lowest BCUT2D eigenvalue weighted by atomic mass is 10.3. The van der Waals surface area contributed by atoms with Crippen molar-refractivity contribution in [3.05, 3.63) is 31.7 Å². The highest BCUT2D eigenvalue weighted by atomic mass is 127. The lowest BCUT2D eigenvalue weighted by Crippen LogP contribution is -2.37. The Balaban J connectivity index is 0.00000312. The third kappa shape index (κ3) is 6.70. The van der Waals surface area contributed by atoms with E-state index >= 15 is 0 Å². The van der Waals surface area contributed by atoms with Crippen molar-refractivity contribution >= 4 is 52.6 Å². The molecule has 0 amide bonds. The summed E-state index contributed by atoms with van der Waals surface area (Å²) in [5.41, 5.74) is 0.174. The minimum absolute atomic E-state index is 0. The third-order valence-corrected chi connectivity index (χ3v) is 5.10. The lowest BCUT2D eigenvalue weighted by Gasteiger charge is -2.10. The zero-order valence-electron chi connectivity index (χ0n) is 13.9. The van der Waals surface area contributed by atoms with Crippen LogP contribution in [0.4, 0.5) is 13.2 Å². The molecule has 0 bridgehead atoms. The Morgan fingerprint density at radius 3 is 2.48 bits per heavy atom. The predicted molar refractivity (Wildman–Crippen MR) is 106 cm³/mol. The number of aromatic nitrogens is 2. The molecule has 25 heavy (non-hydrogen) atoms. The molecule has 0 radical (unpaired) electrons. The molecule has 0 unspecified atom stereocenters. The normalized spacial score (nSPS) is 12.0. The van der Waals surface area contributed by atoms with E-state index in [-0.39, 0.29) is 30.5 Å². The standard InChI is InChI=1S/C14H18F3N5S2.HI/c1-8-10(24-9(2)21-8)4-5-19-13(18-3)20-6-12-22-11(7-23-12)14(15,16)17;/h7H,4-6H2,1-3H3,(H2,18,19,20);1H. The molecule has 0 aliphatic carbocycles. The molecule has 0 saturated heterocycles. The maximum atomic E-state index is 12.5. The van der Waals surface area contributed by atoms with E-state index in [0.717, 1.165) is 33.8 Å². The summed E-state index contributed by atoms with van der Waals surface area (Å²) in [5.74, 6) is 0.526. The average molecular weight is 505 g/mol. The Morgan fingerprint density at radius 2 is 1.96 bits per heavy atom. The SMILES string of the molecule is CN=C(NCCc1sc(C)nc1C)NCc1nc(C(F)(F)F)cs1.I. The van der Waals surface area contributed by atoms with Crippen LogP contribution >= 0.6 is 46.7 Å². The van der Waals surface area contributed by atoms with E-state index in [2.05, 4.69) is 25.6 Å². The van der Waals surface area contributed by atoms with E-state index in [0.29, 0.717) is 17.5 Å². The average Bonchev–Trinajstić information content (AvgIpc) is 3.09. The summed E-state index contributed by atoms with van der Waals surface area (Å²) in [7, 11) is 1.61. The van der Waals surface area contributed by atoms with Crippen molar-refractivity contribution in [3.63, 3.8) is 0 Å². The van der Waals surface area contributed by atoms with Crippen molar-refractivity contribution in [3.8, 4) is 0 Å². The molecule has 5 nitrogen and oxygen atoms in total. The number of rotatable bonds is 5. The molecule has 11 heteroatoms. The summed E-state index contributed by atoms with van der Waals surface area (Å²) in [6, 6.07) is 0. The Bertz CT molecular complexity index is 712. The van der Waals surface area contributed by atoms with E-state index in [4.69, 9.17) is 0 Å². The summed E-state index contributed by atoms with van der Waals surface area (Å²) in [5, 5.41) is 8.51. The second kappa shape index (κ2) is 9.67. The van der Waals surface area contributed by atoms with E-state index in [1.165, 1.54) is 4.88 Å². The van der Waals surface area contributed by atoms with Crippen LogP contribution in [0.25, 0.3) is 0 Å². The van der Waals surface area contributed by atoms with Gasteiger partial charge in [0.25, 0.3) is 0 Å². The number of nitrogens with zero attached hydrogens (tertiary/aromatic N) is 3. The van der Waals surface area contributed by atoms with Crippen LogP contribution in [0.5, 0.6) is 0 Å². The summed E-state index contributed by atoms with van der Waals surface area (Å²) in [4.78, 5) is 13.2. The van der Waals surface area contributed by atoms with Crippen LogP contribution in [0.1, 0.15) is 26.3 Å². The zero-order chi connectivity index (χ0) is 17.7. The second-order valence-electron chi connectivity index (χ2n) is 4.97. The summed E-state index contributed by atoms with van der Waals surface area (Å²) >= 11 is 2.63. The van der Waals surface area contributed by atoms with Crippen LogP contribution in [0.2, 0.25) is 0 Å². The molecule has 0 fully saturated rings. The van der Waals surface area contributed by atoms with Gasteiger partial charge >= 0.3 is 6.18 Å². The van der Waals surface area contributed by atoms with Crippen LogP contribution in [-0.4, -0.2) is 29.5 Å². The van der Waals surface area contributed by atoms with Gasteiger partial charge in [0, 0.05) is 30.3 Å². The number of hydrogen-bond donors (Lipinski definition) is 2. The first-order valence-electron chi connectivity index (χ1n) is 7.18. The largest absolute Gasteiger partial charge is 0.434 e. The number of hydrogen-bond acceptors (Lipinski definition) is 5. The van der Waals surface area contributed by atoms with Gasteiger partial charge in [-0.1, -0.05) is 0 Å². The Morgan fingerprint density at radius 1 is 1.24 bits per heavy atom. The number of halogens is 4. The molecule has 2 aromatic heterocycles. The van der Waals surface area contributed by atoms with Gasteiger partial charge in [0.1, 0.15) is 5.01 Å². The molecule has 0 atom stereocenters. The molecular weight excluding hydrogens is 486 g/mol. The van der Waals surface area contributed by atoms with Gasteiger partial charge in [-0.25, -0.2) is 9.97 Å². The number of guanidine groups is 1. The number of thiazole rings is 2. The Kier molecular flexibility index (Phi) is 8.54. The molecule has 0 aromatic carbocycles. The summed E-state index contributed by atoms with van der Waals surface area (Å²) in [6.45, 7) is 4.80. The molecule has 140 valence electrons. The van der Waals surface area contributed by atoms with Gasteiger partial charge in [0.2, 0.25) is 0 Å². The first-order valence-corrected chi connectivity index (χ1v) is 8.88. The van der Waals surface area contributed by atoms with Crippen LogP contribution in [0.3, 0.4) is 0 Å². The van der Waals surface area contributed by atoms with Gasteiger partial charge < -0.3 is 10.6 Å². The molecule has 2 aromatic rings. The smallest absolute Gasteiger partial charge is 0.356 e. The number of alkyl halides is 3. The van der Waals surface area contributed by atoms with Crippen molar-refractivity contribution in [1.29, 1.82) is 0 Å². The first-order chi connectivity index (χ1) is 11.3. The minimum Gasteiger partial charge on any atom is -0.356 e. The molecule has 0 aliphatic heterocycles. The third-order valence-electron chi connectivity index (χ3n) is 3.12. The second-order valence-corrected chi connectivity index (χ2v) is 7.20. The van der Waals surface area contributed by atoms with Gasteiger partial charge in [-0.15, -0.1) is 46.7 Å². The van der Waals surface area contributed by atoms with Gasteiger partial charge in [0.15, 0.2) is 11.7 Å².